The van der Waals surface area contributed by atoms with Crippen LogP contribution in [0.1, 0.15) is 20.8 Å². The molecule has 4 aromatic rings. The highest BCUT2D eigenvalue weighted by Gasteiger charge is 2.59. The Kier molecular flexibility index (Phi) is 5.79. The van der Waals surface area contributed by atoms with E-state index < -0.39 is 33.8 Å². The van der Waals surface area contributed by atoms with Gasteiger partial charge in [-0.25, -0.2) is 13.9 Å². The summed E-state index contributed by atoms with van der Waals surface area (Å²) in [5.41, 5.74) is 7.18. The van der Waals surface area contributed by atoms with E-state index in [0.29, 0.717) is 22.3 Å². The minimum atomic E-state index is -2.40. The van der Waals surface area contributed by atoms with Gasteiger partial charge in [0.1, 0.15) is 23.2 Å². The number of rotatable bonds is 3. The molecule has 1 aliphatic heterocycles. The zero-order valence-electron chi connectivity index (χ0n) is 21.8. The normalized spacial score (nSPS) is 18.0. The maximum Gasteiger partial charge on any atom is 0.251 e. The van der Waals surface area contributed by atoms with Crippen molar-refractivity contribution >= 4 is 60.2 Å². The van der Waals surface area contributed by atoms with Gasteiger partial charge in [0.05, 0.1) is 49.0 Å². The zero-order chi connectivity index (χ0) is 28.7. The topological polar surface area (TPSA) is 115 Å². The van der Waals surface area contributed by atoms with Crippen molar-refractivity contribution in [3.63, 3.8) is 0 Å². The Bertz CT molecular complexity index is 1670. The van der Waals surface area contributed by atoms with Gasteiger partial charge in [-0.05, 0) is 48.8 Å². The van der Waals surface area contributed by atoms with Crippen molar-refractivity contribution < 1.29 is 14.0 Å². The smallest absolute Gasteiger partial charge is 0.251 e. The molecule has 8 radical (unpaired) electrons. The Morgan fingerprint density at radius 1 is 1.05 bits per heavy atom. The van der Waals surface area contributed by atoms with E-state index >= 15 is 4.39 Å². The van der Waals surface area contributed by atoms with Crippen LogP contribution in [-0.2, 0) is 16.6 Å². The van der Waals surface area contributed by atoms with Gasteiger partial charge in [0.25, 0.3) is 5.91 Å². The van der Waals surface area contributed by atoms with Crippen LogP contribution < -0.4 is 10.6 Å². The van der Waals surface area contributed by atoms with E-state index in [9.17, 15) is 9.59 Å². The monoisotopic (exact) mass is 516 g/mol. The van der Waals surface area contributed by atoms with Crippen molar-refractivity contribution in [3.8, 4) is 22.4 Å². The van der Waals surface area contributed by atoms with Gasteiger partial charge in [0.2, 0.25) is 5.91 Å². The number of benzene rings is 1. The number of piperazine rings is 1. The molecule has 0 saturated carbocycles. The van der Waals surface area contributed by atoms with Gasteiger partial charge in [0, 0.05) is 36.9 Å². The van der Waals surface area contributed by atoms with Crippen molar-refractivity contribution in [1.82, 2.24) is 29.3 Å². The number of hydrogen-bond donors (Lipinski definition) is 1. The molecule has 4 heterocycles. The van der Waals surface area contributed by atoms with Gasteiger partial charge in [-0.1, -0.05) is 0 Å². The molecule has 1 fully saturated rings. The molecule has 0 aliphatic carbocycles. The van der Waals surface area contributed by atoms with Crippen molar-refractivity contribution in [2.24, 2.45) is 7.05 Å². The SMILES string of the molecule is [B]C1([B])N(c2cc(-c3cc(-c4cnn(C)c4)c4c(N)ncnn34)ccc2F)C(=O)C(C)(C)N(C(C)=O)C1([B])[B]. The lowest BCUT2D eigenvalue weighted by Gasteiger charge is -2.65. The number of hydrogen-bond acceptors (Lipinski definition) is 6. The summed E-state index contributed by atoms with van der Waals surface area (Å²) in [6, 6.07) is 5.83. The zero-order valence-corrected chi connectivity index (χ0v) is 21.8. The predicted octanol–water partition coefficient (Wildman–Crippen LogP) is 0.473. The number of carbonyl (C=O) groups excluding carboxylic acids is 2. The minimum absolute atomic E-state index is 0.216. The predicted molar refractivity (Wildman–Crippen MR) is 148 cm³/mol. The number of nitrogens with two attached hydrogens (primary N) is 1. The summed E-state index contributed by atoms with van der Waals surface area (Å²) in [5.74, 6) is -2.02. The fraction of sp³-hybridized carbons (Fsp3) is 0.292. The van der Waals surface area contributed by atoms with Crippen molar-refractivity contribution in [2.45, 2.75) is 37.0 Å². The lowest BCUT2D eigenvalue weighted by atomic mass is 9.35. The average Bonchev–Trinajstić information content (AvgIpc) is 3.43. The van der Waals surface area contributed by atoms with Gasteiger partial charge in [-0.2, -0.15) is 10.2 Å². The van der Waals surface area contributed by atoms with Gasteiger partial charge in [0.15, 0.2) is 5.82 Å². The van der Waals surface area contributed by atoms with E-state index in [0.717, 1.165) is 21.4 Å². The lowest BCUT2D eigenvalue weighted by Crippen LogP contribution is -2.85. The molecule has 15 heteroatoms. The highest BCUT2D eigenvalue weighted by atomic mass is 19.1. The van der Waals surface area contributed by atoms with E-state index in [2.05, 4.69) is 15.2 Å². The second-order valence-electron chi connectivity index (χ2n) is 10.1. The third kappa shape index (κ3) is 3.69. The molecule has 1 aromatic carbocycles. The Labute approximate surface area is 229 Å². The Hall–Kier alpha value is -4.02. The summed E-state index contributed by atoms with van der Waals surface area (Å²) in [6.45, 7) is 4.03. The first-order valence-electron chi connectivity index (χ1n) is 11.8. The molecule has 5 rings (SSSR count). The molecule has 0 spiro atoms. The Morgan fingerprint density at radius 2 is 1.74 bits per heavy atom. The van der Waals surface area contributed by atoms with Crippen LogP contribution in [0.2, 0.25) is 0 Å². The van der Waals surface area contributed by atoms with Crippen LogP contribution in [-0.4, -0.2) is 88.7 Å². The number of carbonyl (C=O) groups is 2. The number of nitrogens with zero attached hydrogens (tertiary/aromatic N) is 7. The quantitative estimate of drug-likeness (QED) is 0.397. The first-order chi connectivity index (χ1) is 18.1. The summed E-state index contributed by atoms with van der Waals surface area (Å²) in [7, 11) is 27.1. The average molecular weight is 516 g/mol. The highest BCUT2D eigenvalue weighted by molar-refractivity contribution is 6.58. The standard InChI is InChI=1S/C24H21B4FN8O2/c1-12(38)37-22(2,3)21(39)35(23(25,26)24(37,27)28)18-7-13(5-6-16(18)29)17-8-15(14-9-32-34(4)10-14)19-20(30)31-11-33-36(17)19/h5-11H,1-4H3,(H2,30,31,33). The summed E-state index contributed by atoms with van der Waals surface area (Å²) >= 11 is 0. The van der Waals surface area contributed by atoms with E-state index in [-0.39, 0.29) is 11.5 Å². The molecule has 2 N–H and O–H groups in total. The van der Waals surface area contributed by atoms with Crippen LogP contribution in [0.4, 0.5) is 15.9 Å². The molecule has 1 saturated heterocycles. The second-order valence-corrected chi connectivity index (χ2v) is 10.1. The number of aryl methyl sites for hydroxylation is 1. The third-order valence-corrected chi connectivity index (χ3v) is 7.06. The number of fused-ring (bicyclic) bond motifs is 1. The number of amides is 2. The molecule has 188 valence electrons. The van der Waals surface area contributed by atoms with Gasteiger partial charge < -0.3 is 15.5 Å². The van der Waals surface area contributed by atoms with Crippen LogP contribution in [0.3, 0.4) is 0 Å². The van der Waals surface area contributed by atoms with Crippen LogP contribution in [0.15, 0.2) is 43.0 Å². The molecular weight excluding hydrogens is 495 g/mol. The van der Waals surface area contributed by atoms with Gasteiger partial charge in [-0.15, -0.1) is 0 Å². The van der Waals surface area contributed by atoms with E-state index in [1.807, 2.05) is 0 Å². The minimum Gasteiger partial charge on any atom is -0.382 e. The highest BCUT2D eigenvalue weighted by Crippen LogP contribution is 2.43. The van der Waals surface area contributed by atoms with Gasteiger partial charge in [-0.3, -0.25) is 14.3 Å². The largest absolute Gasteiger partial charge is 0.382 e. The number of halogens is 1. The van der Waals surface area contributed by atoms with Crippen LogP contribution in [0.25, 0.3) is 27.9 Å². The van der Waals surface area contributed by atoms with E-state index in [1.54, 1.807) is 34.7 Å². The molecule has 3 aromatic heterocycles. The molecule has 39 heavy (non-hydrogen) atoms. The fourth-order valence-corrected chi connectivity index (χ4v) is 5.22. The lowest BCUT2D eigenvalue weighted by molar-refractivity contribution is -0.150. The molecule has 10 nitrogen and oxygen atoms in total. The number of anilines is 2. The molecule has 2 amide bonds. The molecule has 0 unspecified atom stereocenters. The van der Waals surface area contributed by atoms with Gasteiger partial charge >= 0.3 is 0 Å². The molecule has 0 atom stereocenters. The van der Waals surface area contributed by atoms with Crippen LogP contribution in [0.5, 0.6) is 0 Å². The summed E-state index contributed by atoms with van der Waals surface area (Å²) < 4.78 is 18.7. The molecular formula is C24H21B4FN8O2. The maximum absolute atomic E-state index is 15.5. The van der Waals surface area contributed by atoms with Crippen molar-refractivity contribution in [2.75, 3.05) is 10.6 Å². The number of aromatic nitrogens is 5. The summed E-state index contributed by atoms with van der Waals surface area (Å²) in [4.78, 5) is 32.0. The molecule has 0 bridgehead atoms. The van der Waals surface area contributed by atoms with E-state index in [1.165, 1.54) is 39.2 Å². The fourth-order valence-electron chi connectivity index (χ4n) is 5.22. The van der Waals surface area contributed by atoms with Crippen molar-refractivity contribution in [3.05, 3.63) is 48.8 Å². The Morgan fingerprint density at radius 3 is 2.36 bits per heavy atom. The third-order valence-electron chi connectivity index (χ3n) is 7.06. The second kappa shape index (κ2) is 8.49. The molecule has 1 aliphatic rings. The number of nitrogen functional groups attached to an aromatic ring is 1. The summed E-state index contributed by atoms with van der Waals surface area (Å²) in [6.07, 6.45) is 4.75. The van der Waals surface area contributed by atoms with Crippen LogP contribution in [0, 0.1) is 5.82 Å². The first-order valence-corrected chi connectivity index (χ1v) is 11.8. The van der Waals surface area contributed by atoms with Crippen molar-refractivity contribution in [1.29, 1.82) is 0 Å². The Balaban J connectivity index is 1.73. The first kappa shape index (κ1) is 26.6. The summed E-state index contributed by atoms with van der Waals surface area (Å²) in [5, 5.41) is 3.89. The van der Waals surface area contributed by atoms with Crippen LogP contribution >= 0.6 is 0 Å². The van der Waals surface area contributed by atoms with E-state index in [4.69, 9.17) is 37.1 Å². The maximum atomic E-state index is 15.5.